The maximum Gasteiger partial charge on any atom is 0.220 e. The van der Waals surface area contributed by atoms with Gasteiger partial charge in [-0.3, -0.25) is 9.59 Å². The van der Waals surface area contributed by atoms with Crippen molar-refractivity contribution in [2.45, 2.75) is 51.0 Å². The van der Waals surface area contributed by atoms with Crippen LogP contribution < -0.4 is 5.32 Å². The van der Waals surface area contributed by atoms with Gasteiger partial charge in [0.05, 0.1) is 0 Å². The first kappa shape index (κ1) is 9.69. The molecule has 0 atom stereocenters. The highest BCUT2D eigenvalue weighted by molar-refractivity contribution is 5.85. The number of hydrogen-bond donors (Lipinski definition) is 1. The molecule has 2 rings (SSSR count). The quantitative estimate of drug-likeness (QED) is 0.696. The van der Waals surface area contributed by atoms with E-state index in [1.54, 1.807) is 0 Å². The summed E-state index contributed by atoms with van der Waals surface area (Å²) in [6, 6.07) is 0.418. The number of hydrogen-bond acceptors (Lipinski definition) is 2. The fourth-order valence-electron chi connectivity index (χ4n) is 1.53. The Morgan fingerprint density at radius 3 is 2.36 bits per heavy atom. The second-order valence-corrected chi connectivity index (χ2v) is 4.53. The van der Waals surface area contributed by atoms with E-state index in [0.29, 0.717) is 31.2 Å². The van der Waals surface area contributed by atoms with Crippen LogP contribution in [0, 0.1) is 5.92 Å². The summed E-state index contributed by atoms with van der Waals surface area (Å²) in [5.74, 6) is 0.962. The lowest BCUT2D eigenvalue weighted by molar-refractivity contribution is -0.125. The second kappa shape index (κ2) is 4.11. The Bertz CT molecular complexity index is 216. The molecule has 78 valence electrons. The monoisotopic (exact) mass is 195 g/mol. The van der Waals surface area contributed by atoms with Gasteiger partial charge in [-0.1, -0.05) is 0 Å². The van der Waals surface area contributed by atoms with Crippen LogP contribution >= 0.6 is 0 Å². The zero-order valence-corrected chi connectivity index (χ0v) is 8.42. The first-order valence-corrected chi connectivity index (χ1v) is 5.55. The van der Waals surface area contributed by atoms with Gasteiger partial charge < -0.3 is 5.32 Å². The number of carbonyl (C=O) groups is 2. The third-order valence-electron chi connectivity index (χ3n) is 2.79. The molecule has 2 saturated carbocycles. The molecule has 2 aliphatic rings. The number of ketones is 1. The molecule has 0 aromatic heterocycles. The summed E-state index contributed by atoms with van der Waals surface area (Å²) in [6.45, 7) is 0. The average Bonchev–Trinajstić information content (AvgIpc) is 2.96. The van der Waals surface area contributed by atoms with Gasteiger partial charge in [0.2, 0.25) is 5.91 Å². The Morgan fingerprint density at radius 2 is 1.79 bits per heavy atom. The van der Waals surface area contributed by atoms with Crippen LogP contribution in [0.3, 0.4) is 0 Å². The summed E-state index contributed by atoms with van der Waals surface area (Å²) in [6.07, 6.45) is 6.18. The fourth-order valence-corrected chi connectivity index (χ4v) is 1.53. The summed E-state index contributed by atoms with van der Waals surface area (Å²) in [4.78, 5) is 22.6. The Hall–Kier alpha value is -0.860. The average molecular weight is 195 g/mol. The predicted octanol–water partition coefficient (Wildman–Crippen LogP) is 1.41. The maximum absolute atomic E-state index is 11.3. The summed E-state index contributed by atoms with van der Waals surface area (Å²) < 4.78 is 0. The van der Waals surface area contributed by atoms with Gasteiger partial charge in [0.15, 0.2) is 0 Å². The topological polar surface area (TPSA) is 46.2 Å². The molecule has 14 heavy (non-hydrogen) atoms. The zero-order chi connectivity index (χ0) is 9.97. The lowest BCUT2D eigenvalue weighted by atomic mass is 10.1. The highest BCUT2D eigenvalue weighted by atomic mass is 16.2. The number of nitrogens with one attached hydrogen (secondary N) is 1. The van der Waals surface area contributed by atoms with E-state index in [1.165, 1.54) is 12.8 Å². The van der Waals surface area contributed by atoms with Crippen LogP contribution in [-0.4, -0.2) is 17.7 Å². The van der Waals surface area contributed by atoms with Crippen molar-refractivity contribution in [3.63, 3.8) is 0 Å². The predicted molar refractivity (Wildman–Crippen MR) is 52.7 cm³/mol. The molecule has 0 radical (unpaired) electrons. The Kier molecular flexibility index (Phi) is 2.85. The van der Waals surface area contributed by atoms with Gasteiger partial charge in [0.25, 0.3) is 0 Å². The molecule has 0 aromatic carbocycles. The van der Waals surface area contributed by atoms with Gasteiger partial charge in [-0.25, -0.2) is 0 Å². The number of amides is 1. The highest BCUT2D eigenvalue weighted by Gasteiger charge is 2.25. The normalized spacial score (nSPS) is 20.6. The van der Waals surface area contributed by atoms with Crippen LogP contribution in [0.25, 0.3) is 0 Å². The summed E-state index contributed by atoms with van der Waals surface area (Å²) >= 11 is 0. The second-order valence-electron chi connectivity index (χ2n) is 4.53. The molecule has 0 bridgehead atoms. The molecular weight excluding hydrogens is 178 g/mol. The molecule has 3 heteroatoms. The molecule has 2 fully saturated rings. The summed E-state index contributed by atoms with van der Waals surface area (Å²) in [5.41, 5.74) is 0. The van der Waals surface area contributed by atoms with E-state index in [2.05, 4.69) is 5.32 Å². The van der Waals surface area contributed by atoms with E-state index in [4.69, 9.17) is 0 Å². The Morgan fingerprint density at radius 1 is 1.07 bits per heavy atom. The lowest BCUT2D eigenvalue weighted by Crippen LogP contribution is -2.25. The van der Waals surface area contributed by atoms with Crippen LogP contribution in [0.5, 0.6) is 0 Å². The van der Waals surface area contributed by atoms with Crippen LogP contribution in [0.4, 0.5) is 0 Å². The third-order valence-corrected chi connectivity index (χ3v) is 2.79. The van der Waals surface area contributed by atoms with Crippen molar-refractivity contribution < 1.29 is 9.59 Å². The van der Waals surface area contributed by atoms with E-state index in [9.17, 15) is 9.59 Å². The van der Waals surface area contributed by atoms with E-state index >= 15 is 0 Å². The van der Waals surface area contributed by atoms with Crippen molar-refractivity contribution in [2.24, 2.45) is 5.92 Å². The molecular formula is C11H17NO2. The van der Waals surface area contributed by atoms with Crippen molar-refractivity contribution in [1.29, 1.82) is 0 Å². The minimum absolute atomic E-state index is 0.0525. The van der Waals surface area contributed by atoms with E-state index in [0.717, 1.165) is 12.8 Å². The molecule has 2 aliphatic carbocycles. The Balaban J connectivity index is 1.55. The van der Waals surface area contributed by atoms with E-state index in [-0.39, 0.29) is 11.7 Å². The van der Waals surface area contributed by atoms with Crippen LogP contribution in [-0.2, 0) is 9.59 Å². The van der Waals surface area contributed by atoms with Crippen LogP contribution in [0.1, 0.15) is 44.9 Å². The van der Waals surface area contributed by atoms with Crippen molar-refractivity contribution in [3.05, 3.63) is 0 Å². The SMILES string of the molecule is O=C(CCC(=O)NC1CC1)CC1CC1. The molecule has 1 N–H and O–H groups in total. The lowest BCUT2D eigenvalue weighted by Gasteiger charge is -2.02. The van der Waals surface area contributed by atoms with Crippen molar-refractivity contribution in [1.82, 2.24) is 5.32 Å². The molecule has 0 aliphatic heterocycles. The fraction of sp³-hybridized carbons (Fsp3) is 0.818. The molecule has 0 aromatic rings. The van der Waals surface area contributed by atoms with Crippen LogP contribution in [0.15, 0.2) is 0 Å². The van der Waals surface area contributed by atoms with Crippen LogP contribution in [0.2, 0.25) is 0 Å². The minimum Gasteiger partial charge on any atom is -0.353 e. The maximum atomic E-state index is 11.3. The molecule has 0 spiro atoms. The highest BCUT2D eigenvalue weighted by Crippen LogP contribution is 2.32. The molecule has 3 nitrogen and oxygen atoms in total. The minimum atomic E-state index is 0.0525. The van der Waals surface area contributed by atoms with Gasteiger partial charge in [0.1, 0.15) is 5.78 Å². The van der Waals surface area contributed by atoms with Gasteiger partial charge in [0, 0.05) is 25.3 Å². The van der Waals surface area contributed by atoms with Gasteiger partial charge in [-0.15, -0.1) is 0 Å². The largest absolute Gasteiger partial charge is 0.353 e. The zero-order valence-electron chi connectivity index (χ0n) is 8.42. The first-order chi connectivity index (χ1) is 6.74. The van der Waals surface area contributed by atoms with Gasteiger partial charge >= 0.3 is 0 Å². The first-order valence-electron chi connectivity index (χ1n) is 5.55. The van der Waals surface area contributed by atoms with Gasteiger partial charge in [-0.05, 0) is 31.6 Å². The molecule has 0 unspecified atom stereocenters. The third kappa shape index (κ3) is 3.48. The number of rotatable bonds is 6. The number of Topliss-reactive ketones (excluding diaryl/α,β-unsaturated/α-hetero) is 1. The Labute approximate surface area is 84.2 Å². The van der Waals surface area contributed by atoms with Gasteiger partial charge in [-0.2, -0.15) is 0 Å². The molecule has 0 saturated heterocycles. The van der Waals surface area contributed by atoms with E-state index in [1.807, 2.05) is 0 Å². The smallest absolute Gasteiger partial charge is 0.220 e. The van der Waals surface area contributed by atoms with Crippen molar-refractivity contribution in [3.8, 4) is 0 Å². The summed E-state index contributed by atoms with van der Waals surface area (Å²) in [5, 5.41) is 2.89. The van der Waals surface area contributed by atoms with E-state index < -0.39 is 0 Å². The molecule has 0 heterocycles. The van der Waals surface area contributed by atoms with Crippen molar-refractivity contribution >= 4 is 11.7 Å². The standard InChI is InChI=1S/C11H17NO2/c13-10(7-8-1-2-8)5-6-11(14)12-9-3-4-9/h8-9H,1-7H2,(H,12,14). The number of carbonyl (C=O) groups excluding carboxylic acids is 2. The van der Waals surface area contributed by atoms with Crippen molar-refractivity contribution in [2.75, 3.05) is 0 Å². The summed E-state index contributed by atoms with van der Waals surface area (Å²) in [7, 11) is 0. The molecule has 1 amide bonds.